The Labute approximate surface area is 250 Å². The molecule has 0 radical (unpaired) electrons. The molecule has 6 aromatic rings. The molecule has 0 spiro atoms. The van der Waals surface area contributed by atoms with E-state index in [2.05, 4.69) is 65.8 Å². The molecule has 40 heavy (non-hydrogen) atoms. The van der Waals surface area contributed by atoms with Gasteiger partial charge in [0.25, 0.3) is 0 Å². The van der Waals surface area contributed by atoms with Crippen molar-refractivity contribution in [3.63, 3.8) is 0 Å². The second kappa shape index (κ2) is 10.0. The summed E-state index contributed by atoms with van der Waals surface area (Å²) in [5.74, 6) is -0.404. The van der Waals surface area contributed by atoms with Gasteiger partial charge < -0.3 is 0 Å². The van der Waals surface area contributed by atoms with E-state index in [-0.39, 0.29) is 22.5 Å². The van der Waals surface area contributed by atoms with Crippen molar-refractivity contribution in [1.29, 1.82) is 0 Å². The summed E-state index contributed by atoms with van der Waals surface area (Å²) in [5.41, 5.74) is 4.43. The average molecular weight is 605 g/mol. The summed E-state index contributed by atoms with van der Waals surface area (Å²) >= 11 is 7.39. The lowest BCUT2D eigenvalue weighted by Gasteiger charge is -2.25. The monoisotopic (exact) mass is 604 g/mol. The van der Waals surface area contributed by atoms with E-state index in [0.717, 1.165) is 11.1 Å². The SMILES string of the molecule is Cc1cc(-c2cc(C)c(C(C)(C)c3ccc(F)cc3)s2)sc1-c1cc2sc(C(C)(C)c3ccc(F)cc3)cc2s1. The Kier molecular flexibility index (Phi) is 6.89. The number of fused-ring (bicyclic) bond motifs is 1. The van der Waals surface area contributed by atoms with Gasteiger partial charge in [-0.2, -0.15) is 0 Å². The highest BCUT2D eigenvalue weighted by atomic mass is 32.1. The van der Waals surface area contributed by atoms with E-state index in [0.29, 0.717) is 0 Å². The second-order valence-corrected chi connectivity index (χ2v) is 15.7. The van der Waals surface area contributed by atoms with Crippen molar-refractivity contribution in [1.82, 2.24) is 0 Å². The van der Waals surface area contributed by atoms with Gasteiger partial charge in [-0.3, -0.25) is 0 Å². The third kappa shape index (κ3) is 4.79. The van der Waals surface area contributed by atoms with Gasteiger partial charge in [0, 0.05) is 49.5 Å². The molecule has 2 aromatic carbocycles. The first kappa shape index (κ1) is 27.5. The molecule has 0 saturated heterocycles. The Morgan fingerprint density at radius 3 is 1.65 bits per heavy atom. The van der Waals surface area contributed by atoms with Gasteiger partial charge in [0.1, 0.15) is 11.6 Å². The van der Waals surface area contributed by atoms with Crippen LogP contribution < -0.4 is 0 Å². The molecular weight excluding hydrogens is 575 g/mol. The summed E-state index contributed by atoms with van der Waals surface area (Å²) in [5, 5.41) is 0. The van der Waals surface area contributed by atoms with Crippen molar-refractivity contribution in [3.8, 4) is 19.5 Å². The number of hydrogen-bond acceptors (Lipinski definition) is 4. The predicted octanol–water partition coefficient (Wildman–Crippen LogP) is 12.0. The van der Waals surface area contributed by atoms with E-state index in [1.54, 1.807) is 24.3 Å². The van der Waals surface area contributed by atoms with Crippen LogP contribution in [-0.4, -0.2) is 0 Å². The second-order valence-electron chi connectivity index (χ2n) is 11.5. The highest BCUT2D eigenvalue weighted by Crippen LogP contribution is 2.49. The number of rotatable bonds is 6. The van der Waals surface area contributed by atoms with Crippen LogP contribution >= 0.6 is 45.3 Å². The molecule has 0 aliphatic carbocycles. The molecule has 0 saturated carbocycles. The smallest absolute Gasteiger partial charge is 0.123 e. The van der Waals surface area contributed by atoms with Gasteiger partial charge in [0.05, 0.1) is 0 Å². The molecule has 6 rings (SSSR count). The van der Waals surface area contributed by atoms with Crippen LogP contribution in [0.2, 0.25) is 0 Å². The molecule has 0 nitrogen and oxygen atoms in total. The Bertz CT molecular complexity index is 1790. The summed E-state index contributed by atoms with van der Waals surface area (Å²) in [6.07, 6.45) is 0. The number of thiophene rings is 4. The molecule has 0 unspecified atom stereocenters. The van der Waals surface area contributed by atoms with Crippen LogP contribution in [0.25, 0.3) is 28.9 Å². The molecule has 0 aliphatic rings. The Balaban J connectivity index is 1.30. The zero-order valence-electron chi connectivity index (χ0n) is 23.3. The minimum atomic E-state index is -0.203. The van der Waals surface area contributed by atoms with E-state index in [4.69, 9.17) is 0 Å². The standard InChI is InChI=1S/C34H30F2S4/c1-19-15-25(26-16-20(2)32(40-26)34(5,6)22-9-13-24(36)14-10-22)39-31(19)29-17-27-28(37-29)18-30(38-27)33(3,4)21-7-11-23(35)12-8-21/h7-18H,1-6H3. The summed E-state index contributed by atoms with van der Waals surface area (Å²) in [6.45, 7) is 13.2. The fraction of sp³-hybridized carbons (Fsp3) is 0.235. The molecule has 0 fully saturated rings. The molecule has 0 atom stereocenters. The summed E-state index contributed by atoms with van der Waals surface area (Å²) in [7, 11) is 0. The molecule has 0 N–H and O–H groups in total. The maximum atomic E-state index is 13.6. The van der Waals surface area contributed by atoms with Gasteiger partial charge in [-0.15, -0.1) is 45.3 Å². The Hall–Kier alpha value is -2.64. The van der Waals surface area contributed by atoms with Crippen molar-refractivity contribution >= 4 is 54.7 Å². The maximum Gasteiger partial charge on any atom is 0.123 e. The van der Waals surface area contributed by atoms with Crippen molar-refractivity contribution in [2.45, 2.75) is 52.4 Å². The van der Waals surface area contributed by atoms with E-state index >= 15 is 0 Å². The largest absolute Gasteiger partial charge is 0.207 e. The molecule has 0 bridgehead atoms. The van der Waals surface area contributed by atoms with Gasteiger partial charge in [-0.1, -0.05) is 52.0 Å². The summed E-state index contributed by atoms with van der Waals surface area (Å²) in [4.78, 5) is 7.81. The van der Waals surface area contributed by atoms with Crippen LogP contribution in [0.1, 0.15) is 59.7 Å². The van der Waals surface area contributed by atoms with Crippen molar-refractivity contribution in [2.24, 2.45) is 0 Å². The zero-order valence-corrected chi connectivity index (χ0v) is 26.6. The summed E-state index contributed by atoms with van der Waals surface area (Å²) < 4.78 is 29.7. The van der Waals surface area contributed by atoms with Gasteiger partial charge in [-0.05, 0) is 84.6 Å². The molecule has 204 valence electrons. The van der Waals surface area contributed by atoms with Crippen LogP contribution in [0, 0.1) is 25.5 Å². The minimum Gasteiger partial charge on any atom is -0.207 e. The minimum absolute atomic E-state index is 0.181. The van der Waals surface area contributed by atoms with Crippen LogP contribution in [0.5, 0.6) is 0 Å². The first-order valence-corrected chi connectivity index (χ1v) is 16.5. The van der Waals surface area contributed by atoms with Gasteiger partial charge in [0.15, 0.2) is 0 Å². The maximum absolute atomic E-state index is 13.6. The number of benzene rings is 2. The van der Waals surface area contributed by atoms with E-state index in [1.807, 2.05) is 69.6 Å². The van der Waals surface area contributed by atoms with Crippen molar-refractivity contribution < 1.29 is 8.78 Å². The first-order chi connectivity index (χ1) is 18.9. The lowest BCUT2D eigenvalue weighted by atomic mass is 9.82. The summed E-state index contributed by atoms with van der Waals surface area (Å²) in [6, 6.07) is 23.0. The lowest BCUT2D eigenvalue weighted by Crippen LogP contribution is -2.18. The van der Waals surface area contributed by atoms with Crippen LogP contribution in [0.15, 0.2) is 72.8 Å². The fourth-order valence-corrected chi connectivity index (χ4v) is 10.6. The van der Waals surface area contributed by atoms with E-state index < -0.39 is 0 Å². The molecule has 4 heterocycles. The van der Waals surface area contributed by atoms with Gasteiger partial charge >= 0.3 is 0 Å². The van der Waals surface area contributed by atoms with Gasteiger partial charge in [-0.25, -0.2) is 8.78 Å². The fourth-order valence-electron chi connectivity index (χ4n) is 5.33. The quantitative estimate of drug-likeness (QED) is 0.177. The third-order valence-electron chi connectivity index (χ3n) is 7.82. The van der Waals surface area contributed by atoms with Crippen LogP contribution in [-0.2, 0) is 10.8 Å². The topological polar surface area (TPSA) is 0 Å². The molecule has 0 aliphatic heterocycles. The predicted molar refractivity (Wildman–Crippen MR) is 173 cm³/mol. The molecular formula is C34H30F2S4. The van der Waals surface area contributed by atoms with Crippen molar-refractivity contribution in [3.05, 3.63) is 116 Å². The molecule has 4 aromatic heterocycles. The number of hydrogen-bond donors (Lipinski definition) is 0. The highest BCUT2D eigenvalue weighted by Gasteiger charge is 2.29. The highest BCUT2D eigenvalue weighted by molar-refractivity contribution is 7.32. The van der Waals surface area contributed by atoms with E-state index in [1.165, 1.54) is 49.8 Å². The normalized spacial score (nSPS) is 12.5. The average Bonchev–Trinajstić information content (AvgIpc) is 3.67. The molecule has 0 amide bonds. The van der Waals surface area contributed by atoms with Crippen LogP contribution in [0.4, 0.5) is 8.78 Å². The number of aryl methyl sites for hydroxylation is 2. The Morgan fingerprint density at radius 2 is 1.05 bits per heavy atom. The third-order valence-corrected chi connectivity index (χ3v) is 13.6. The lowest BCUT2D eigenvalue weighted by molar-refractivity contribution is 0.616. The van der Waals surface area contributed by atoms with Gasteiger partial charge in [0.2, 0.25) is 0 Å². The Morgan fingerprint density at radius 1 is 0.525 bits per heavy atom. The van der Waals surface area contributed by atoms with Crippen molar-refractivity contribution in [2.75, 3.05) is 0 Å². The number of halogens is 2. The first-order valence-electron chi connectivity index (χ1n) is 13.2. The molecule has 6 heteroatoms. The van der Waals surface area contributed by atoms with E-state index in [9.17, 15) is 8.78 Å². The zero-order chi connectivity index (χ0) is 28.4. The van der Waals surface area contributed by atoms with Crippen LogP contribution in [0.3, 0.4) is 0 Å².